The zero-order valence-corrected chi connectivity index (χ0v) is 50.8. The number of anilines is 3. The standard InChI is InChI=1S/C69H75N9O8S/c1-6-7-15-39-77-57-25-13-11-23-54(57)68(2,3)59(77)37-31-48-21-18-22-49(32-38-60-69(4,5)55-24-12-14-26-58(55)78(60)40-16-17-41-87(82,83)84)62(48)86-53-35-27-46(28-36-53)42-56(66(81)85-45-47-19-9-8-10-20-47)74-64(79)50-29-33-51(34-30-50)71-43-52-44-72-63-61(73-52)65(80)76-67(70)75-63/h8-14,19-20,23-38,44,56H,6-7,15-18,21-22,39-43,45H2,1-5H3,(H5-,70,71,72,74,75,76,79,80,82,83,84)/p+1/t56-/m0/s1. The molecule has 7 aromatic rings. The molecule has 0 saturated carbocycles. The molecule has 1 amide bonds. The van der Waals surface area contributed by atoms with Crippen LogP contribution in [0.15, 0.2) is 185 Å². The van der Waals surface area contributed by atoms with Crippen LogP contribution in [0.5, 0.6) is 5.75 Å². The molecule has 5 aromatic carbocycles. The van der Waals surface area contributed by atoms with Crippen molar-refractivity contribution in [2.24, 2.45) is 0 Å². The molecule has 0 fully saturated rings. The van der Waals surface area contributed by atoms with Gasteiger partial charge < -0.3 is 30.7 Å². The Bertz CT molecular complexity index is 4020. The fraction of sp³-hybridized carbons (Fsp3) is 0.319. The van der Waals surface area contributed by atoms with Gasteiger partial charge in [0.05, 0.1) is 29.6 Å². The first kappa shape index (κ1) is 61.1. The molecule has 3 aliphatic rings. The van der Waals surface area contributed by atoms with Gasteiger partial charge in [0.2, 0.25) is 11.6 Å². The van der Waals surface area contributed by atoms with Crippen molar-refractivity contribution in [3.8, 4) is 5.75 Å². The number of fused-ring (bicyclic) bond motifs is 3. The molecule has 2 aliphatic heterocycles. The Labute approximate surface area is 508 Å². The number of nitrogen functional groups attached to an aromatic ring is 1. The number of H-pyrrole nitrogens is 1. The van der Waals surface area contributed by atoms with Gasteiger partial charge in [0.15, 0.2) is 16.9 Å². The lowest BCUT2D eigenvalue weighted by atomic mass is 9.81. The van der Waals surface area contributed by atoms with Gasteiger partial charge in [0.1, 0.15) is 30.7 Å². The third-order valence-electron chi connectivity index (χ3n) is 16.5. The molecular formula is C69H76N9O8S+. The Morgan fingerprint density at radius 3 is 2.32 bits per heavy atom. The number of carbonyl (C=O) groups is 2. The molecule has 2 aromatic heterocycles. The Balaban J connectivity index is 0.929. The quantitative estimate of drug-likeness (QED) is 0.0164. The van der Waals surface area contributed by atoms with Crippen molar-refractivity contribution in [2.45, 2.75) is 122 Å². The molecule has 0 radical (unpaired) electrons. The van der Waals surface area contributed by atoms with Crippen molar-refractivity contribution >= 4 is 61.9 Å². The number of para-hydroxylation sites is 2. The number of nitrogens with zero attached hydrogens (tertiary/aromatic N) is 5. The highest BCUT2D eigenvalue weighted by Crippen LogP contribution is 2.48. The number of nitrogens with two attached hydrogens (primary N) is 1. The molecule has 450 valence electrons. The Hall–Kier alpha value is -9.00. The number of aromatic nitrogens is 4. The summed E-state index contributed by atoms with van der Waals surface area (Å²) in [5.74, 6) is -0.0345. The summed E-state index contributed by atoms with van der Waals surface area (Å²) in [6, 6.07) is 39.8. The number of nitrogens with one attached hydrogen (secondary N) is 3. The predicted molar refractivity (Wildman–Crippen MR) is 342 cm³/mol. The molecule has 10 rings (SSSR count). The van der Waals surface area contributed by atoms with Crippen molar-refractivity contribution in [2.75, 3.05) is 34.8 Å². The number of allylic oxidation sites excluding steroid dienone is 7. The van der Waals surface area contributed by atoms with Crippen molar-refractivity contribution in [3.05, 3.63) is 224 Å². The number of unbranched alkanes of at least 4 members (excludes halogenated alkanes) is 3. The summed E-state index contributed by atoms with van der Waals surface area (Å²) in [6.45, 7) is 13.0. The molecule has 18 heteroatoms. The Morgan fingerprint density at radius 1 is 0.828 bits per heavy atom. The summed E-state index contributed by atoms with van der Waals surface area (Å²) in [5, 5.41) is 6.19. The van der Waals surface area contributed by atoms with Crippen molar-refractivity contribution in [1.82, 2.24) is 25.3 Å². The average Bonchev–Trinajstić information content (AvgIpc) is 1.79. The second-order valence-electron chi connectivity index (χ2n) is 23.4. The van der Waals surface area contributed by atoms with Gasteiger partial charge in [0, 0.05) is 65.1 Å². The summed E-state index contributed by atoms with van der Waals surface area (Å²) < 4.78 is 48.4. The van der Waals surface area contributed by atoms with E-state index in [1.54, 1.807) is 24.3 Å². The zero-order valence-electron chi connectivity index (χ0n) is 50.0. The molecular weight excluding hydrogens is 1110 g/mol. The summed E-state index contributed by atoms with van der Waals surface area (Å²) >= 11 is 0. The van der Waals surface area contributed by atoms with Crippen LogP contribution in [0, 0.1) is 0 Å². The van der Waals surface area contributed by atoms with E-state index in [0.29, 0.717) is 42.1 Å². The van der Waals surface area contributed by atoms with Gasteiger partial charge in [-0.1, -0.05) is 112 Å². The molecule has 17 nitrogen and oxygen atoms in total. The van der Waals surface area contributed by atoms with E-state index >= 15 is 0 Å². The normalized spacial score (nSPS) is 16.6. The number of ether oxygens (including phenoxy) is 2. The number of amides is 1. The zero-order chi connectivity index (χ0) is 61.3. The van der Waals surface area contributed by atoms with Crippen LogP contribution >= 0.6 is 0 Å². The van der Waals surface area contributed by atoms with Crippen molar-refractivity contribution in [3.63, 3.8) is 0 Å². The largest absolute Gasteiger partial charge is 0.459 e. The summed E-state index contributed by atoms with van der Waals surface area (Å²) in [5.41, 5.74) is 17.0. The van der Waals surface area contributed by atoms with E-state index in [4.69, 9.17) is 15.2 Å². The first-order valence-corrected chi connectivity index (χ1v) is 31.5. The molecule has 6 N–H and O–H groups in total. The summed E-state index contributed by atoms with van der Waals surface area (Å²) in [6.07, 6.45) is 17.2. The maximum atomic E-state index is 14.0. The first-order chi connectivity index (χ1) is 41.9. The second kappa shape index (κ2) is 26.7. The SMILES string of the molecule is CCCCC[N+]1=C(/C=C/C2=C(Oc3ccc(C[C@H](NC(=O)c4ccc(NCc5cnc6nc(N)[nH]c(=O)c6n5)cc4)C(=O)OCc4ccccc4)cc3)C(=C/C=C3/N(CCCCS(=O)(=O)O)c4ccccc4C3(C)C)/CCC2)C(C)(C)c2ccccc21. The van der Waals surface area contributed by atoms with Gasteiger partial charge in [-0.15, -0.1) is 0 Å². The third-order valence-corrected chi connectivity index (χ3v) is 17.3. The maximum Gasteiger partial charge on any atom is 0.329 e. The van der Waals surface area contributed by atoms with E-state index in [9.17, 15) is 27.4 Å². The monoisotopic (exact) mass is 1190 g/mol. The summed E-state index contributed by atoms with van der Waals surface area (Å²) in [4.78, 5) is 57.8. The van der Waals surface area contributed by atoms with Crippen LogP contribution in [0.1, 0.15) is 124 Å². The lowest BCUT2D eigenvalue weighted by Gasteiger charge is -2.27. The van der Waals surface area contributed by atoms with Crippen molar-refractivity contribution < 1.29 is 36.6 Å². The number of hydrogen-bond donors (Lipinski definition) is 5. The number of esters is 1. The van der Waals surface area contributed by atoms with Gasteiger partial charge in [-0.05, 0) is 135 Å². The van der Waals surface area contributed by atoms with Crippen LogP contribution in [0.2, 0.25) is 0 Å². The smallest absolute Gasteiger partial charge is 0.329 e. The minimum atomic E-state index is -4.09. The third kappa shape index (κ3) is 14.5. The lowest BCUT2D eigenvalue weighted by Crippen LogP contribution is -2.43. The van der Waals surface area contributed by atoms with Gasteiger partial charge in [-0.25, -0.2) is 14.8 Å². The lowest BCUT2D eigenvalue weighted by molar-refractivity contribution is -0.438. The van der Waals surface area contributed by atoms with E-state index in [1.807, 2.05) is 66.7 Å². The van der Waals surface area contributed by atoms with E-state index in [0.717, 1.165) is 84.5 Å². The fourth-order valence-corrected chi connectivity index (χ4v) is 12.4. The van der Waals surface area contributed by atoms with Crippen LogP contribution < -0.4 is 31.6 Å². The summed E-state index contributed by atoms with van der Waals surface area (Å²) in [7, 11) is -4.09. The molecule has 0 unspecified atom stereocenters. The maximum absolute atomic E-state index is 14.0. The minimum absolute atomic E-state index is 0.0260. The van der Waals surface area contributed by atoms with Crippen LogP contribution in [0.4, 0.5) is 23.0 Å². The molecule has 0 spiro atoms. The Kier molecular flexibility index (Phi) is 18.8. The van der Waals surface area contributed by atoms with Crippen LogP contribution in [-0.2, 0) is 50.1 Å². The topological polar surface area (TPSA) is 235 Å². The van der Waals surface area contributed by atoms with Crippen molar-refractivity contribution in [1.29, 1.82) is 0 Å². The van der Waals surface area contributed by atoms with E-state index < -0.39 is 33.6 Å². The predicted octanol–water partition coefficient (Wildman–Crippen LogP) is 11.9. The average molecular weight is 1190 g/mol. The molecule has 87 heavy (non-hydrogen) atoms. The second-order valence-corrected chi connectivity index (χ2v) is 25.0. The van der Waals surface area contributed by atoms with Gasteiger partial charge >= 0.3 is 5.97 Å². The highest BCUT2D eigenvalue weighted by Gasteiger charge is 2.44. The number of hydrogen-bond acceptors (Lipinski definition) is 13. The molecule has 1 atom stereocenters. The van der Waals surface area contributed by atoms with Gasteiger partial charge in [-0.2, -0.15) is 18.0 Å². The van der Waals surface area contributed by atoms with Gasteiger partial charge in [-0.3, -0.25) is 19.1 Å². The number of benzene rings is 5. The molecule has 0 saturated heterocycles. The van der Waals surface area contributed by atoms with E-state index in [2.05, 4.69) is 135 Å². The minimum Gasteiger partial charge on any atom is -0.459 e. The van der Waals surface area contributed by atoms with Crippen LogP contribution in [-0.4, -0.2) is 80.0 Å². The fourth-order valence-electron chi connectivity index (χ4n) is 11.8. The molecule has 1 aliphatic carbocycles. The van der Waals surface area contributed by atoms with E-state index in [-0.39, 0.29) is 53.3 Å². The molecule has 4 heterocycles. The van der Waals surface area contributed by atoms with Crippen LogP contribution in [0.25, 0.3) is 11.2 Å². The number of carbonyl (C=O) groups excluding carboxylic acids is 2. The van der Waals surface area contributed by atoms with E-state index in [1.165, 1.54) is 28.7 Å². The number of rotatable bonds is 24. The first-order valence-electron chi connectivity index (χ1n) is 29.9. The highest BCUT2D eigenvalue weighted by molar-refractivity contribution is 7.85. The van der Waals surface area contributed by atoms with Crippen LogP contribution in [0.3, 0.4) is 0 Å². The Morgan fingerprint density at radius 2 is 1.56 bits per heavy atom. The highest BCUT2D eigenvalue weighted by atomic mass is 32.2. The van der Waals surface area contributed by atoms with Gasteiger partial charge in [0.25, 0.3) is 21.6 Å². The number of aromatic amines is 1. The molecule has 0 bridgehead atoms.